The number of Topliss-reactive ketones (excluding diaryl/α,β-unsaturated/α-hetero) is 1. The third kappa shape index (κ3) is 4.95. The van der Waals surface area contributed by atoms with Crippen molar-refractivity contribution in [1.29, 1.82) is 0 Å². The first-order valence-corrected chi connectivity index (χ1v) is 10.2. The number of rotatable bonds is 8. The molecule has 3 rings (SSSR count). The van der Waals surface area contributed by atoms with Crippen LogP contribution in [0.5, 0.6) is 5.75 Å². The minimum atomic E-state index is -0.802. The van der Waals surface area contributed by atoms with Gasteiger partial charge in [0.25, 0.3) is 17.6 Å². The van der Waals surface area contributed by atoms with Crippen LogP contribution in [0.15, 0.2) is 58.6 Å². The lowest BCUT2D eigenvalue weighted by atomic mass is 9.95. The fraction of sp³-hybridized carbons (Fsp3) is 0.227. The Morgan fingerprint density at radius 2 is 1.77 bits per heavy atom. The van der Waals surface area contributed by atoms with Crippen LogP contribution in [-0.4, -0.2) is 54.5 Å². The van der Waals surface area contributed by atoms with E-state index in [-0.39, 0.29) is 31.1 Å². The molecule has 1 aliphatic heterocycles. The molecule has 31 heavy (non-hydrogen) atoms. The smallest absolute Gasteiger partial charge is 0.295 e. The first-order chi connectivity index (χ1) is 14.8. The molecule has 1 unspecified atom stereocenters. The average molecular weight is 489 g/mol. The number of hydrogen-bond acceptors (Lipinski definition) is 6. The van der Waals surface area contributed by atoms with Gasteiger partial charge in [-0.05, 0) is 29.8 Å². The Hall–Kier alpha value is -3.17. The molecule has 0 radical (unpaired) electrons. The van der Waals surface area contributed by atoms with E-state index in [1.165, 1.54) is 12.0 Å². The highest BCUT2D eigenvalue weighted by atomic mass is 79.9. The molecule has 1 fully saturated rings. The van der Waals surface area contributed by atoms with Crippen LogP contribution in [0.25, 0.3) is 5.76 Å². The van der Waals surface area contributed by atoms with Crippen LogP contribution in [-0.2, 0) is 19.1 Å². The van der Waals surface area contributed by atoms with Gasteiger partial charge < -0.3 is 25.2 Å². The molecule has 1 atom stereocenters. The fourth-order valence-corrected chi connectivity index (χ4v) is 3.58. The summed E-state index contributed by atoms with van der Waals surface area (Å²) < 4.78 is 11.2. The number of likely N-dealkylation sites (tertiary alicyclic amines) is 1. The zero-order valence-electron chi connectivity index (χ0n) is 16.7. The highest BCUT2D eigenvalue weighted by Crippen LogP contribution is 2.39. The maximum absolute atomic E-state index is 12.9. The molecule has 0 spiro atoms. The SMILES string of the molecule is COCCN1C(=O)C(=O)/C(=C(/O)c2ccc(Br)cc2)C1c1ccc(OCC(N)=O)cc1. The van der Waals surface area contributed by atoms with Crippen molar-refractivity contribution < 1.29 is 29.0 Å². The third-order valence-electron chi connectivity index (χ3n) is 4.77. The van der Waals surface area contributed by atoms with E-state index >= 15 is 0 Å². The van der Waals surface area contributed by atoms with Crippen LogP contribution >= 0.6 is 15.9 Å². The molecular formula is C22H21BrN2O6. The summed E-state index contributed by atoms with van der Waals surface area (Å²) in [5, 5.41) is 10.9. The second-order valence-electron chi connectivity index (χ2n) is 6.82. The predicted octanol–water partition coefficient (Wildman–Crippen LogP) is 2.38. The first kappa shape index (κ1) is 22.5. The van der Waals surface area contributed by atoms with Gasteiger partial charge >= 0.3 is 0 Å². The Balaban J connectivity index is 2.04. The molecule has 9 heteroatoms. The van der Waals surface area contributed by atoms with Gasteiger partial charge in [-0.3, -0.25) is 14.4 Å². The van der Waals surface area contributed by atoms with Crippen LogP contribution in [0.3, 0.4) is 0 Å². The maximum atomic E-state index is 12.9. The third-order valence-corrected chi connectivity index (χ3v) is 5.30. The Morgan fingerprint density at radius 1 is 1.13 bits per heavy atom. The number of primary amides is 1. The van der Waals surface area contributed by atoms with Crippen LogP contribution in [0.2, 0.25) is 0 Å². The number of carbonyl (C=O) groups excluding carboxylic acids is 3. The van der Waals surface area contributed by atoms with Gasteiger partial charge in [0, 0.05) is 23.7 Å². The van der Waals surface area contributed by atoms with Gasteiger partial charge in [0.15, 0.2) is 6.61 Å². The van der Waals surface area contributed by atoms with Gasteiger partial charge in [0.2, 0.25) is 0 Å². The minimum absolute atomic E-state index is 0.00534. The molecule has 1 heterocycles. The summed E-state index contributed by atoms with van der Waals surface area (Å²) in [6.07, 6.45) is 0. The molecule has 1 saturated heterocycles. The molecule has 8 nitrogen and oxygen atoms in total. The number of nitrogens with two attached hydrogens (primary N) is 1. The van der Waals surface area contributed by atoms with E-state index < -0.39 is 23.6 Å². The summed E-state index contributed by atoms with van der Waals surface area (Å²) >= 11 is 3.33. The van der Waals surface area contributed by atoms with Gasteiger partial charge in [-0.25, -0.2) is 0 Å². The van der Waals surface area contributed by atoms with E-state index in [1.54, 1.807) is 48.5 Å². The molecule has 162 valence electrons. The molecule has 0 bridgehead atoms. The molecule has 3 N–H and O–H groups in total. The molecule has 0 aromatic heterocycles. The molecule has 1 aliphatic rings. The van der Waals surface area contributed by atoms with E-state index in [2.05, 4.69) is 15.9 Å². The van der Waals surface area contributed by atoms with Crippen LogP contribution < -0.4 is 10.5 Å². The van der Waals surface area contributed by atoms with E-state index in [4.69, 9.17) is 15.2 Å². The first-order valence-electron chi connectivity index (χ1n) is 9.38. The Bertz CT molecular complexity index is 1020. The second-order valence-corrected chi connectivity index (χ2v) is 7.73. The Kier molecular flexibility index (Phi) is 7.09. The standard InChI is InChI=1S/C22H21BrN2O6/c1-30-11-10-25-19(13-4-8-16(9-5-13)31-12-17(24)26)18(21(28)22(25)29)20(27)14-2-6-15(23)7-3-14/h2-9,19,27H,10-12H2,1H3,(H2,24,26)/b20-18+. The Morgan fingerprint density at radius 3 is 2.35 bits per heavy atom. The average Bonchev–Trinajstić information content (AvgIpc) is 3.01. The zero-order valence-corrected chi connectivity index (χ0v) is 18.3. The maximum Gasteiger partial charge on any atom is 0.295 e. The van der Waals surface area contributed by atoms with Crippen molar-refractivity contribution in [2.24, 2.45) is 5.73 Å². The molecule has 2 aromatic rings. The molecule has 2 aromatic carbocycles. The van der Waals surface area contributed by atoms with E-state index in [1.807, 2.05) is 0 Å². The van der Waals surface area contributed by atoms with E-state index in [9.17, 15) is 19.5 Å². The van der Waals surface area contributed by atoms with E-state index in [0.29, 0.717) is 16.9 Å². The monoisotopic (exact) mass is 488 g/mol. The molecule has 0 saturated carbocycles. The number of hydrogen-bond donors (Lipinski definition) is 2. The lowest BCUT2D eigenvalue weighted by Gasteiger charge is -2.25. The van der Waals surface area contributed by atoms with Crippen molar-refractivity contribution in [1.82, 2.24) is 4.90 Å². The lowest BCUT2D eigenvalue weighted by Crippen LogP contribution is -2.32. The molecule has 2 amide bonds. The summed E-state index contributed by atoms with van der Waals surface area (Å²) in [5.41, 5.74) is 6.10. The summed E-state index contributed by atoms with van der Waals surface area (Å²) in [6, 6.07) is 12.5. The van der Waals surface area contributed by atoms with Gasteiger partial charge in [-0.2, -0.15) is 0 Å². The summed E-state index contributed by atoms with van der Waals surface area (Å²) in [7, 11) is 1.50. The highest BCUT2D eigenvalue weighted by molar-refractivity contribution is 9.10. The van der Waals surface area contributed by atoms with Crippen molar-refractivity contribution in [3.8, 4) is 5.75 Å². The van der Waals surface area contributed by atoms with Gasteiger partial charge in [-0.1, -0.05) is 40.2 Å². The van der Waals surface area contributed by atoms with Crippen molar-refractivity contribution in [3.63, 3.8) is 0 Å². The number of halogens is 1. The number of methoxy groups -OCH3 is 1. The quantitative estimate of drug-likeness (QED) is 0.334. The topological polar surface area (TPSA) is 119 Å². The Labute approximate surface area is 187 Å². The number of ketones is 1. The number of aliphatic hydroxyl groups is 1. The normalized spacial score (nSPS) is 17.7. The highest BCUT2D eigenvalue weighted by Gasteiger charge is 2.45. The lowest BCUT2D eigenvalue weighted by molar-refractivity contribution is -0.140. The zero-order chi connectivity index (χ0) is 22.5. The van der Waals surface area contributed by atoms with Crippen molar-refractivity contribution >= 4 is 39.3 Å². The number of amides is 2. The molecule has 0 aliphatic carbocycles. The summed E-state index contributed by atoms with van der Waals surface area (Å²) in [6.45, 7) is 0.125. The largest absolute Gasteiger partial charge is 0.507 e. The minimum Gasteiger partial charge on any atom is -0.507 e. The van der Waals surface area contributed by atoms with Gasteiger partial charge in [-0.15, -0.1) is 0 Å². The summed E-state index contributed by atoms with van der Waals surface area (Å²) in [4.78, 5) is 37.9. The van der Waals surface area contributed by atoms with Crippen LogP contribution in [0.1, 0.15) is 17.2 Å². The van der Waals surface area contributed by atoms with Crippen LogP contribution in [0.4, 0.5) is 0 Å². The predicted molar refractivity (Wildman–Crippen MR) is 116 cm³/mol. The van der Waals surface area contributed by atoms with Gasteiger partial charge in [0.1, 0.15) is 11.5 Å². The van der Waals surface area contributed by atoms with E-state index in [0.717, 1.165) is 4.47 Å². The number of benzene rings is 2. The van der Waals surface area contributed by atoms with Gasteiger partial charge in [0.05, 0.1) is 18.2 Å². The number of aliphatic hydroxyl groups excluding tert-OH is 1. The van der Waals surface area contributed by atoms with Crippen molar-refractivity contribution in [3.05, 3.63) is 69.7 Å². The molecular weight excluding hydrogens is 468 g/mol. The fourth-order valence-electron chi connectivity index (χ4n) is 3.31. The number of nitrogens with zero attached hydrogens (tertiary/aromatic N) is 1. The summed E-state index contributed by atoms with van der Waals surface area (Å²) in [5.74, 6) is -1.94. The number of carbonyl (C=O) groups is 3. The van der Waals surface area contributed by atoms with Crippen molar-refractivity contribution in [2.45, 2.75) is 6.04 Å². The van der Waals surface area contributed by atoms with Crippen LogP contribution in [0, 0.1) is 0 Å². The number of ether oxygens (including phenoxy) is 2. The van der Waals surface area contributed by atoms with Crippen molar-refractivity contribution in [2.75, 3.05) is 26.9 Å². The second kappa shape index (κ2) is 9.76.